The van der Waals surface area contributed by atoms with E-state index in [-0.39, 0.29) is 24.4 Å². The van der Waals surface area contributed by atoms with Gasteiger partial charge in [0, 0.05) is 48.0 Å². The highest BCUT2D eigenvalue weighted by Gasteiger charge is 2.30. The number of hydrogen-bond acceptors (Lipinski definition) is 4. The molecule has 1 unspecified atom stereocenters. The van der Waals surface area contributed by atoms with Crippen LogP contribution in [-0.2, 0) is 22.4 Å². The summed E-state index contributed by atoms with van der Waals surface area (Å²) < 4.78 is 5.42. The molecule has 5 rings (SSSR count). The molecular weight excluding hydrogens is 438 g/mol. The van der Waals surface area contributed by atoms with Gasteiger partial charge in [-0.05, 0) is 49.8 Å². The molecule has 3 heterocycles. The number of nitrogens with zero attached hydrogens (tertiary/aromatic N) is 3. The Morgan fingerprint density at radius 3 is 2.76 bits per heavy atom. The van der Waals surface area contributed by atoms with Gasteiger partial charge in [0.1, 0.15) is 5.69 Å². The number of halogens is 1. The molecule has 1 fully saturated rings. The van der Waals surface area contributed by atoms with Crippen LogP contribution in [0.5, 0.6) is 0 Å². The fraction of sp³-hybridized carbons (Fsp3) is 0.520. The molecule has 33 heavy (non-hydrogen) atoms. The number of likely N-dealkylation sites (N-methyl/N-ethyl adjacent to an activating group) is 1. The van der Waals surface area contributed by atoms with E-state index in [9.17, 15) is 4.79 Å². The van der Waals surface area contributed by atoms with E-state index >= 15 is 0 Å². The number of aromatic nitrogens is 3. The third-order valence-electron chi connectivity index (χ3n) is 7.19. The number of rotatable bonds is 4. The smallest absolute Gasteiger partial charge is 0.243 e. The number of carbonyl (C=O) groups excluding carboxylic acids is 1. The van der Waals surface area contributed by atoms with Gasteiger partial charge in [-0.15, -0.1) is 12.4 Å². The number of fused-ring (bicyclic) bond motifs is 2. The van der Waals surface area contributed by atoms with Crippen LogP contribution < -0.4 is 4.90 Å². The van der Waals surface area contributed by atoms with Gasteiger partial charge in [0.25, 0.3) is 0 Å². The molecule has 1 atom stereocenters. The van der Waals surface area contributed by atoms with Crippen molar-refractivity contribution in [2.45, 2.75) is 46.1 Å². The molecule has 1 amide bonds. The van der Waals surface area contributed by atoms with Crippen LogP contribution in [0.3, 0.4) is 0 Å². The van der Waals surface area contributed by atoms with Crippen molar-refractivity contribution in [1.29, 1.82) is 0 Å². The normalized spacial score (nSPS) is 19.0. The lowest BCUT2D eigenvalue weighted by Crippen LogP contribution is -2.50. The molecule has 8 heteroatoms. The standard InChI is InChI=1S/C25H33N5O2.ClH/c1-16(30-9-11-32-12-10-30)24(31)29(4)18-6-5-17-13-21(26-20(17)14-18)23-19-7-8-25(2,3)15-22(19)27-28-23;/h5-6,13-14,16,26H,7-12,15H2,1-4H3,(H,27,28);1H. The number of benzene rings is 1. The average molecular weight is 472 g/mol. The highest BCUT2D eigenvalue weighted by atomic mass is 35.5. The lowest BCUT2D eigenvalue weighted by atomic mass is 9.76. The van der Waals surface area contributed by atoms with E-state index < -0.39 is 0 Å². The Kier molecular flexibility index (Phi) is 6.58. The Bertz CT molecular complexity index is 1150. The van der Waals surface area contributed by atoms with E-state index in [1.807, 2.05) is 20.0 Å². The van der Waals surface area contributed by atoms with Gasteiger partial charge < -0.3 is 14.6 Å². The summed E-state index contributed by atoms with van der Waals surface area (Å²) >= 11 is 0. The van der Waals surface area contributed by atoms with E-state index in [0.29, 0.717) is 18.6 Å². The van der Waals surface area contributed by atoms with Crippen molar-refractivity contribution in [3.05, 3.63) is 35.5 Å². The van der Waals surface area contributed by atoms with E-state index in [4.69, 9.17) is 4.74 Å². The van der Waals surface area contributed by atoms with Crippen LogP contribution in [0.25, 0.3) is 22.3 Å². The van der Waals surface area contributed by atoms with Crippen LogP contribution in [0, 0.1) is 5.41 Å². The molecule has 2 aromatic heterocycles. The number of nitrogens with one attached hydrogen (secondary N) is 2. The predicted molar refractivity (Wildman–Crippen MR) is 134 cm³/mol. The highest BCUT2D eigenvalue weighted by Crippen LogP contribution is 2.38. The van der Waals surface area contributed by atoms with Gasteiger partial charge in [0.15, 0.2) is 0 Å². The molecule has 7 nitrogen and oxygen atoms in total. The van der Waals surface area contributed by atoms with Crippen molar-refractivity contribution in [1.82, 2.24) is 20.1 Å². The number of ether oxygens (including phenoxy) is 1. The van der Waals surface area contributed by atoms with Gasteiger partial charge in [-0.3, -0.25) is 14.8 Å². The molecule has 178 valence electrons. The zero-order chi connectivity index (χ0) is 22.5. The van der Waals surface area contributed by atoms with E-state index in [1.54, 1.807) is 4.90 Å². The van der Waals surface area contributed by atoms with Crippen molar-refractivity contribution >= 4 is 34.9 Å². The number of H-pyrrole nitrogens is 2. The Balaban J connectivity index is 0.00000259. The molecule has 1 aliphatic heterocycles. The Morgan fingerprint density at radius 1 is 1.24 bits per heavy atom. The molecule has 1 aromatic carbocycles. The summed E-state index contributed by atoms with van der Waals surface area (Å²) in [6.07, 6.45) is 3.25. The molecule has 3 aromatic rings. The first kappa shape index (κ1) is 23.8. The van der Waals surface area contributed by atoms with Crippen molar-refractivity contribution in [2.24, 2.45) is 5.41 Å². The third-order valence-corrected chi connectivity index (χ3v) is 7.19. The maximum Gasteiger partial charge on any atom is 0.243 e. The van der Waals surface area contributed by atoms with E-state index in [1.165, 1.54) is 17.7 Å². The number of morpholine rings is 1. The zero-order valence-corrected chi connectivity index (χ0v) is 20.7. The minimum absolute atomic E-state index is 0. The lowest BCUT2D eigenvalue weighted by molar-refractivity contribution is -0.124. The largest absolute Gasteiger partial charge is 0.379 e. The van der Waals surface area contributed by atoms with Crippen LogP contribution in [0.15, 0.2) is 24.3 Å². The SMILES string of the molecule is CC(C(=O)N(C)c1ccc2cc(-c3n[nH]c4c3CCC(C)(C)C4)[nH]c2c1)N1CCOCC1.Cl. The fourth-order valence-corrected chi connectivity index (χ4v) is 5.05. The van der Waals surface area contributed by atoms with E-state index in [2.05, 4.69) is 52.1 Å². The topological polar surface area (TPSA) is 77.2 Å². The molecule has 1 aliphatic carbocycles. The maximum atomic E-state index is 13.1. The predicted octanol–water partition coefficient (Wildman–Crippen LogP) is 4.18. The third kappa shape index (κ3) is 4.54. The summed E-state index contributed by atoms with van der Waals surface area (Å²) in [7, 11) is 1.86. The molecule has 0 bridgehead atoms. The molecule has 2 N–H and O–H groups in total. The summed E-state index contributed by atoms with van der Waals surface area (Å²) in [5.41, 5.74) is 6.89. The number of hydrogen-bond donors (Lipinski definition) is 2. The number of carbonyl (C=O) groups is 1. The minimum atomic E-state index is -0.168. The Hall–Kier alpha value is -2.35. The first-order chi connectivity index (χ1) is 15.3. The van der Waals surface area contributed by atoms with Crippen molar-refractivity contribution in [3.63, 3.8) is 0 Å². The van der Waals surface area contributed by atoms with Gasteiger partial charge in [-0.2, -0.15) is 5.10 Å². The quantitative estimate of drug-likeness (QED) is 0.598. The maximum absolute atomic E-state index is 13.1. The second-order valence-corrected chi connectivity index (χ2v) is 10.0. The molecule has 1 saturated heterocycles. The Labute approximate surface area is 201 Å². The van der Waals surface area contributed by atoms with Crippen LogP contribution >= 0.6 is 12.4 Å². The summed E-state index contributed by atoms with van der Waals surface area (Å²) in [5, 5.41) is 9.05. The van der Waals surface area contributed by atoms with Crippen LogP contribution in [0.4, 0.5) is 5.69 Å². The van der Waals surface area contributed by atoms with Crippen LogP contribution in [0.2, 0.25) is 0 Å². The second kappa shape index (κ2) is 9.12. The average Bonchev–Trinajstić information content (AvgIpc) is 3.40. The molecule has 0 radical (unpaired) electrons. The molecular formula is C25H34ClN5O2. The van der Waals surface area contributed by atoms with Gasteiger partial charge in [-0.1, -0.05) is 19.9 Å². The minimum Gasteiger partial charge on any atom is -0.379 e. The number of amides is 1. The van der Waals surface area contributed by atoms with E-state index in [0.717, 1.165) is 53.9 Å². The van der Waals surface area contributed by atoms with Gasteiger partial charge in [0.2, 0.25) is 5.91 Å². The first-order valence-electron chi connectivity index (χ1n) is 11.6. The highest BCUT2D eigenvalue weighted by molar-refractivity contribution is 5.98. The lowest BCUT2D eigenvalue weighted by Gasteiger charge is -2.33. The van der Waals surface area contributed by atoms with Crippen molar-refractivity contribution < 1.29 is 9.53 Å². The van der Waals surface area contributed by atoms with Crippen LogP contribution in [0.1, 0.15) is 38.4 Å². The summed E-state index contributed by atoms with van der Waals surface area (Å²) in [5.74, 6) is 0.0991. The van der Waals surface area contributed by atoms with Crippen LogP contribution in [-0.4, -0.2) is 65.4 Å². The van der Waals surface area contributed by atoms with Gasteiger partial charge in [-0.25, -0.2) is 0 Å². The first-order valence-corrected chi connectivity index (χ1v) is 11.6. The fourth-order valence-electron chi connectivity index (χ4n) is 5.05. The summed E-state index contributed by atoms with van der Waals surface area (Å²) in [4.78, 5) is 20.6. The second-order valence-electron chi connectivity index (χ2n) is 10.0. The molecule has 0 saturated carbocycles. The number of anilines is 1. The monoisotopic (exact) mass is 471 g/mol. The Morgan fingerprint density at radius 2 is 2.00 bits per heavy atom. The number of aromatic amines is 2. The zero-order valence-electron chi connectivity index (χ0n) is 19.9. The van der Waals surface area contributed by atoms with Gasteiger partial charge >= 0.3 is 0 Å². The van der Waals surface area contributed by atoms with Crippen molar-refractivity contribution in [3.8, 4) is 11.4 Å². The van der Waals surface area contributed by atoms with Gasteiger partial charge in [0.05, 0.1) is 24.9 Å². The molecule has 2 aliphatic rings. The van der Waals surface area contributed by atoms with Crippen molar-refractivity contribution in [2.75, 3.05) is 38.3 Å². The molecule has 0 spiro atoms. The summed E-state index contributed by atoms with van der Waals surface area (Å²) in [6, 6.07) is 8.15. The summed E-state index contributed by atoms with van der Waals surface area (Å²) in [6.45, 7) is 9.59.